The fourth-order valence-corrected chi connectivity index (χ4v) is 6.44. The molecule has 2 heterocycles. The molecule has 0 radical (unpaired) electrons. The van der Waals surface area contributed by atoms with Gasteiger partial charge < -0.3 is 9.47 Å². The van der Waals surface area contributed by atoms with Crippen molar-refractivity contribution in [2.45, 2.75) is 39.3 Å². The van der Waals surface area contributed by atoms with Crippen molar-refractivity contribution in [2.24, 2.45) is 4.99 Å². The Morgan fingerprint density at radius 1 is 0.978 bits per heavy atom. The van der Waals surface area contributed by atoms with Gasteiger partial charge in [-0.1, -0.05) is 110 Å². The highest BCUT2D eigenvalue weighted by atomic mass is 32.1. The summed E-state index contributed by atoms with van der Waals surface area (Å²) in [6, 6.07) is 30.5. The normalized spacial score (nSPS) is 14.6. The smallest absolute Gasteiger partial charge is 0.338 e. The number of nitrogens with zero attached hydrogens (tertiary/aromatic N) is 2. The van der Waals surface area contributed by atoms with Gasteiger partial charge >= 0.3 is 5.97 Å². The van der Waals surface area contributed by atoms with E-state index >= 15 is 0 Å². The summed E-state index contributed by atoms with van der Waals surface area (Å²) in [5, 5.41) is 0. The topological polar surface area (TPSA) is 69.9 Å². The molecular weight excluding hydrogens is 599 g/mol. The molecule has 0 aliphatic carbocycles. The van der Waals surface area contributed by atoms with Crippen LogP contribution < -0.4 is 19.6 Å². The van der Waals surface area contributed by atoms with E-state index in [0.717, 1.165) is 22.3 Å². The molecular formula is C38H33FN2O4S. The molecule has 0 bridgehead atoms. The second kappa shape index (κ2) is 13.5. The van der Waals surface area contributed by atoms with Crippen LogP contribution in [0.2, 0.25) is 0 Å². The van der Waals surface area contributed by atoms with Crippen molar-refractivity contribution in [1.82, 2.24) is 4.57 Å². The van der Waals surface area contributed by atoms with Crippen molar-refractivity contribution in [3.8, 4) is 5.75 Å². The monoisotopic (exact) mass is 632 g/mol. The van der Waals surface area contributed by atoms with Crippen LogP contribution in [0.4, 0.5) is 4.39 Å². The van der Waals surface area contributed by atoms with Gasteiger partial charge in [-0.3, -0.25) is 9.36 Å². The Bertz CT molecular complexity index is 2100. The van der Waals surface area contributed by atoms with Gasteiger partial charge in [0.1, 0.15) is 18.2 Å². The third-order valence-electron chi connectivity index (χ3n) is 7.80. The van der Waals surface area contributed by atoms with Crippen molar-refractivity contribution in [1.29, 1.82) is 0 Å². The zero-order valence-corrected chi connectivity index (χ0v) is 26.6. The lowest BCUT2D eigenvalue weighted by Crippen LogP contribution is -2.40. The molecule has 0 fully saturated rings. The molecule has 0 saturated carbocycles. The minimum atomic E-state index is -0.746. The van der Waals surface area contributed by atoms with Gasteiger partial charge in [0.2, 0.25) is 0 Å². The van der Waals surface area contributed by atoms with E-state index in [1.165, 1.54) is 17.4 Å². The molecule has 232 valence electrons. The molecule has 46 heavy (non-hydrogen) atoms. The Balaban J connectivity index is 1.48. The van der Waals surface area contributed by atoms with E-state index < -0.39 is 12.0 Å². The molecule has 6 nitrogen and oxygen atoms in total. The first-order valence-electron chi connectivity index (χ1n) is 15.2. The van der Waals surface area contributed by atoms with Crippen molar-refractivity contribution in [2.75, 3.05) is 6.61 Å². The highest BCUT2D eigenvalue weighted by molar-refractivity contribution is 7.07. The summed E-state index contributed by atoms with van der Waals surface area (Å²) in [4.78, 5) is 33.3. The van der Waals surface area contributed by atoms with Gasteiger partial charge in [-0.05, 0) is 53.8 Å². The lowest BCUT2D eigenvalue weighted by Gasteiger charge is -2.26. The predicted octanol–water partition coefficient (Wildman–Crippen LogP) is 6.78. The highest BCUT2D eigenvalue weighted by Crippen LogP contribution is 2.35. The van der Waals surface area contributed by atoms with E-state index in [9.17, 15) is 14.0 Å². The quantitative estimate of drug-likeness (QED) is 0.168. The molecule has 1 aromatic heterocycles. The van der Waals surface area contributed by atoms with Gasteiger partial charge in [-0.25, -0.2) is 14.2 Å². The average molecular weight is 633 g/mol. The predicted molar refractivity (Wildman–Crippen MR) is 179 cm³/mol. The summed E-state index contributed by atoms with van der Waals surface area (Å²) in [6.45, 7) is 6.26. The molecule has 0 N–H and O–H groups in total. The van der Waals surface area contributed by atoms with Gasteiger partial charge in [0.15, 0.2) is 4.80 Å². The van der Waals surface area contributed by atoms with Crippen LogP contribution in [0.5, 0.6) is 5.75 Å². The number of fused-ring (bicyclic) bond motifs is 1. The molecule has 4 aromatic carbocycles. The first kappa shape index (κ1) is 30.9. The molecule has 0 saturated heterocycles. The molecule has 6 rings (SSSR count). The number of halogens is 1. The number of esters is 1. The van der Waals surface area contributed by atoms with Crippen LogP contribution in [-0.4, -0.2) is 17.1 Å². The van der Waals surface area contributed by atoms with Crippen LogP contribution >= 0.6 is 11.3 Å². The minimum Gasteiger partial charge on any atom is -0.489 e. The Hall–Kier alpha value is -5.08. The van der Waals surface area contributed by atoms with Crippen LogP contribution in [0.3, 0.4) is 0 Å². The van der Waals surface area contributed by atoms with E-state index in [1.807, 2.05) is 66.7 Å². The second-order valence-corrected chi connectivity index (χ2v) is 12.2. The zero-order chi connectivity index (χ0) is 32.2. The summed E-state index contributed by atoms with van der Waals surface area (Å²) < 4.78 is 27.6. The summed E-state index contributed by atoms with van der Waals surface area (Å²) in [6.07, 6.45) is 1.79. The Kier molecular flexibility index (Phi) is 9.08. The summed E-state index contributed by atoms with van der Waals surface area (Å²) in [5.41, 5.74) is 4.41. The SMILES string of the molecule is CCOC(=O)C1=C(c2ccccc2)N=c2s/c(=C\c3cccc(OCc4ccccc4F)c3)c(=O)n2[C@@H]1c1ccc(C(C)C)cc1. The van der Waals surface area contributed by atoms with Gasteiger partial charge in [-0.2, -0.15) is 0 Å². The lowest BCUT2D eigenvalue weighted by atomic mass is 9.91. The summed E-state index contributed by atoms with van der Waals surface area (Å²) >= 11 is 1.26. The first-order valence-corrected chi connectivity index (χ1v) is 16.0. The number of carbonyl (C=O) groups is 1. The van der Waals surface area contributed by atoms with Gasteiger partial charge in [0, 0.05) is 11.1 Å². The number of hydrogen-bond acceptors (Lipinski definition) is 6. The standard InChI is InChI=1S/C38H33FN2O4S/c1-4-44-37(43)33-34(27-12-6-5-7-13-27)40-38-41(35(33)28-19-17-26(18-20-28)24(2)3)36(42)32(46-38)22-25-11-10-15-30(21-25)45-23-29-14-8-9-16-31(29)39/h5-22,24,35H,4,23H2,1-3H3/b32-22-/t35-/m1/s1. The van der Waals surface area contributed by atoms with Crippen LogP contribution in [0.25, 0.3) is 11.8 Å². The number of benzene rings is 4. The minimum absolute atomic E-state index is 0.0762. The molecule has 1 aliphatic rings. The molecule has 1 atom stereocenters. The number of hydrogen-bond donors (Lipinski definition) is 0. The maximum absolute atomic E-state index is 14.2. The first-order chi connectivity index (χ1) is 22.3. The Labute approximate surface area is 270 Å². The average Bonchev–Trinajstić information content (AvgIpc) is 3.38. The fraction of sp³-hybridized carbons (Fsp3) is 0.184. The maximum atomic E-state index is 14.2. The lowest BCUT2D eigenvalue weighted by molar-refractivity contribution is -0.138. The van der Waals surface area contributed by atoms with Crippen molar-refractivity contribution >= 4 is 29.1 Å². The maximum Gasteiger partial charge on any atom is 0.338 e. The van der Waals surface area contributed by atoms with Crippen molar-refractivity contribution in [3.63, 3.8) is 0 Å². The summed E-state index contributed by atoms with van der Waals surface area (Å²) in [7, 11) is 0. The molecule has 1 aliphatic heterocycles. The van der Waals surface area contributed by atoms with E-state index in [1.54, 1.807) is 47.9 Å². The number of ether oxygens (including phenoxy) is 2. The molecule has 5 aromatic rings. The zero-order valence-electron chi connectivity index (χ0n) is 25.8. The van der Waals surface area contributed by atoms with E-state index in [0.29, 0.717) is 37.8 Å². The number of carbonyl (C=O) groups excluding carboxylic acids is 1. The number of thiazole rings is 1. The van der Waals surface area contributed by atoms with Crippen molar-refractivity contribution in [3.05, 3.63) is 162 Å². The van der Waals surface area contributed by atoms with E-state index in [2.05, 4.69) is 13.8 Å². The third-order valence-corrected chi connectivity index (χ3v) is 8.78. The van der Waals surface area contributed by atoms with Crippen LogP contribution in [-0.2, 0) is 16.1 Å². The van der Waals surface area contributed by atoms with Crippen LogP contribution in [0, 0.1) is 5.82 Å². The van der Waals surface area contributed by atoms with Crippen LogP contribution in [0.1, 0.15) is 60.5 Å². The van der Waals surface area contributed by atoms with E-state index in [4.69, 9.17) is 14.5 Å². The molecule has 8 heteroatoms. The largest absolute Gasteiger partial charge is 0.489 e. The van der Waals surface area contributed by atoms with E-state index in [-0.39, 0.29) is 24.6 Å². The molecule has 0 unspecified atom stereocenters. The van der Waals surface area contributed by atoms with Crippen LogP contribution in [0.15, 0.2) is 118 Å². The summed E-state index contributed by atoms with van der Waals surface area (Å²) in [5.74, 6) is 0.0218. The van der Waals surface area contributed by atoms with Crippen molar-refractivity contribution < 1.29 is 18.7 Å². The van der Waals surface area contributed by atoms with Gasteiger partial charge in [-0.15, -0.1) is 0 Å². The second-order valence-electron chi connectivity index (χ2n) is 11.2. The van der Waals surface area contributed by atoms with Gasteiger partial charge in [0.05, 0.1) is 28.5 Å². The highest BCUT2D eigenvalue weighted by Gasteiger charge is 2.35. The molecule has 0 amide bonds. The third kappa shape index (κ3) is 6.34. The number of rotatable bonds is 9. The van der Waals surface area contributed by atoms with Gasteiger partial charge in [0.25, 0.3) is 5.56 Å². The fourth-order valence-electron chi connectivity index (χ4n) is 5.44. The number of aromatic nitrogens is 1. The Morgan fingerprint density at radius 3 is 2.43 bits per heavy atom. The molecule has 0 spiro atoms. The Morgan fingerprint density at radius 2 is 1.72 bits per heavy atom.